The highest BCUT2D eigenvalue weighted by Crippen LogP contribution is 2.38. The maximum atomic E-state index is 3.72. The van der Waals surface area contributed by atoms with Gasteiger partial charge in [0.05, 0.1) is 0 Å². The van der Waals surface area contributed by atoms with E-state index in [-0.39, 0.29) is 0 Å². The number of hydrogen-bond donors (Lipinski definition) is 1. The normalized spacial score (nSPS) is 20.4. The number of nitrogens with zero attached hydrogens (tertiary/aromatic N) is 1. The quantitative estimate of drug-likeness (QED) is 0.682. The molecule has 2 nitrogen and oxygen atoms in total. The minimum absolute atomic E-state index is 0.547. The SMILES string of the molecule is CCCC(C)N(C)CC1(CNCC(C)C)CCCC1. The van der Waals surface area contributed by atoms with E-state index in [4.69, 9.17) is 0 Å². The molecule has 1 unspecified atom stereocenters. The van der Waals surface area contributed by atoms with Gasteiger partial charge in [0.2, 0.25) is 0 Å². The summed E-state index contributed by atoms with van der Waals surface area (Å²) in [7, 11) is 2.32. The minimum Gasteiger partial charge on any atom is -0.316 e. The van der Waals surface area contributed by atoms with Crippen LogP contribution in [0.15, 0.2) is 0 Å². The fourth-order valence-corrected chi connectivity index (χ4v) is 3.46. The fourth-order valence-electron chi connectivity index (χ4n) is 3.46. The van der Waals surface area contributed by atoms with Gasteiger partial charge >= 0.3 is 0 Å². The van der Waals surface area contributed by atoms with Crippen molar-refractivity contribution in [2.45, 2.75) is 72.3 Å². The lowest BCUT2D eigenvalue weighted by Gasteiger charge is -2.37. The highest BCUT2D eigenvalue weighted by molar-refractivity contribution is 4.89. The summed E-state index contributed by atoms with van der Waals surface area (Å²) in [6.07, 6.45) is 8.32. The smallest absolute Gasteiger partial charge is 0.00640 e. The van der Waals surface area contributed by atoms with Crippen LogP contribution in [0.4, 0.5) is 0 Å². The number of rotatable bonds is 9. The van der Waals surface area contributed by atoms with Gasteiger partial charge in [-0.05, 0) is 51.1 Å². The second-order valence-corrected chi connectivity index (χ2v) is 7.28. The topological polar surface area (TPSA) is 15.3 Å². The van der Waals surface area contributed by atoms with E-state index >= 15 is 0 Å². The third-order valence-corrected chi connectivity index (χ3v) is 4.76. The Morgan fingerprint density at radius 2 is 1.79 bits per heavy atom. The lowest BCUT2D eigenvalue weighted by Crippen LogP contribution is -2.44. The van der Waals surface area contributed by atoms with Gasteiger partial charge in [-0.3, -0.25) is 0 Å². The highest BCUT2D eigenvalue weighted by atomic mass is 15.1. The van der Waals surface area contributed by atoms with Gasteiger partial charge in [0.25, 0.3) is 0 Å². The molecule has 0 aliphatic heterocycles. The van der Waals surface area contributed by atoms with Crippen molar-refractivity contribution in [2.75, 3.05) is 26.7 Å². The third kappa shape index (κ3) is 5.83. The Balaban J connectivity index is 2.46. The molecule has 0 aromatic rings. The highest BCUT2D eigenvalue weighted by Gasteiger charge is 2.35. The summed E-state index contributed by atoms with van der Waals surface area (Å²) in [5.41, 5.74) is 0.547. The van der Waals surface area contributed by atoms with Gasteiger partial charge in [0.15, 0.2) is 0 Å². The maximum absolute atomic E-state index is 3.72. The first-order valence-corrected chi connectivity index (χ1v) is 8.40. The van der Waals surface area contributed by atoms with Crippen molar-refractivity contribution in [3.63, 3.8) is 0 Å². The molecule has 0 amide bonds. The number of nitrogens with one attached hydrogen (secondary N) is 1. The molecule has 114 valence electrons. The Hall–Kier alpha value is -0.0800. The van der Waals surface area contributed by atoms with E-state index in [0.29, 0.717) is 5.41 Å². The molecule has 0 aromatic carbocycles. The molecule has 1 saturated carbocycles. The van der Waals surface area contributed by atoms with Gasteiger partial charge in [-0.2, -0.15) is 0 Å². The zero-order valence-electron chi connectivity index (χ0n) is 14.0. The van der Waals surface area contributed by atoms with E-state index in [2.05, 4.69) is 45.0 Å². The summed E-state index contributed by atoms with van der Waals surface area (Å²) in [5, 5.41) is 3.72. The molecule has 2 heteroatoms. The Morgan fingerprint density at radius 3 is 2.32 bits per heavy atom. The average molecular weight is 268 g/mol. The zero-order chi connectivity index (χ0) is 14.3. The molecule has 1 rings (SSSR count). The molecule has 1 aliphatic carbocycles. The largest absolute Gasteiger partial charge is 0.316 e. The first kappa shape index (κ1) is 17.0. The molecule has 0 radical (unpaired) electrons. The van der Waals surface area contributed by atoms with Crippen molar-refractivity contribution in [1.82, 2.24) is 10.2 Å². The monoisotopic (exact) mass is 268 g/mol. The summed E-state index contributed by atoms with van der Waals surface area (Å²) in [4.78, 5) is 2.60. The molecular formula is C17H36N2. The molecule has 0 spiro atoms. The first-order valence-electron chi connectivity index (χ1n) is 8.40. The second kappa shape index (κ2) is 8.26. The van der Waals surface area contributed by atoms with Crippen LogP contribution in [0.2, 0.25) is 0 Å². The lowest BCUT2D eigenvalue weighted by atomic mass is 9.85. The van der Waals surface area contributed by atoms with Gasteiger partial charge in [0, 0.05) is 19.1 Å². The third-order valence-electron chi connectivity index (χ3n) is 4.76. The summed E-state index contributed by atoms with van der Waals surface area (Å²) in [6, 6.07) is 0.729. The van der Waals surface area contributed by atoms with Crippen LogP contribution in [0.1, 0.15) is 66.2 Å². The van der Waals surface area contributed by atoms with E-state index in [1.54, 1.807) is 0 Å². The van der Waals surface area contributed by atoms with Crippen molar-refractivity contribution in [1.29, 1.82) is 0 Å². The summed E-state index contributed by atoms with van der Waals surface area (Å²) in [5.74, 6) is 0.759. The Kier molecular flexibility index (Phi) is 7.38. The molecule has 0 saturated heterocycles. The minimum atomic E-state index is 0.547. The van der Waals surface area contributed by atoms with Crippen molar-refractivity contribution in [2.24, 2.45) is 11.3 Å². The van der Waals surface area contributed by atoms with Crippen LogP contribution in [0, 0.1) is 11.3 Å². The van der Waals surface area contributed by atoms with Crippen molar-refractivity contribution in [3.8, 4) is 0 Å². The zero-order valence-corrected chi connectivity index (χ0v) is 14.0. The van der Waals surface area contributed by atoms with Gasteiger partial charge in [-0.15, -0.1) is 0 Å². The Labute approximate surface area is 121 Å². The standard InChI is InChI=1S/C17H36N2/c1-6-9-16(4)19(5)14-17(10-7-8-11-17)13-18-12-15(2)3/h15-16,18H,6-14H2,1-5H3. The van der Waals surface area contributed by atoms with E-state index in [1.165, 1.54) is 51.6 Å². The number of hydrogen-bond acceptors (Lipinski definition) is 2. The van der Waals surface area contributed by atoms with Gasteiger partial charge in [0.1, 0.15) is 0 Å². The lowest BCUT2D eigenvalue weighted by molar-refractivity contribution is 0.135. The summed E-state index contributed by atoms with van der Waals surface area (Å²) < 4.78 is 0. The Bertz CT molecular complexity index is 231. The van der Waals surface area contributed by atoms with Crippen LogP contribution in [0.5, 0.6) is 0 Å². The molecule has 1 atom stereocenters. The van der Waals surface area contributed by atoms with Crippen LogP contribution in [-0.2, 0) is 0 Å². The summed E-state index contributed by atoms with van der Waals surface area (Å²) >= 11 is 0. The van der Waals surface area contributed by atoms with E-state index < -0.39 is 0 Å². The molecule has 1 aliphatic rings. The van der Waals surface area contributed by atoms with E-state index in [1.807, 2.05) is 0 Å². The van der Waals surface area contributed by atoms with E-state index in [0.717, 1.165) is 18.5 Å². The predicted octanol–water partition coefficient (Wildman–Crippen LogP) is 3.91. The van der Waals surface area contributed by atoms with Gasteiger partial charge in [-0.25, -0.2) is 0 Å². The predicted molar refractivity (Wildman–Crippen MR) is 85.6 cm³/mol. The molecule has 0 heterocycles. The average Bonchev–Trinajstić information content (AvgIpc) is 2.77. The second-order valence-electron chi connectivity index (χ2n) is 7.28. The fraction of sp³-hybridized carbons (Fsp3) is 1.00. The van der Waals surface area contributed by atoms with Crippen molar-refractivity contribution >= 4 is 0 Å². The van der Waals surface area contributed by atoms with E-state index in [9.17, 15) is 0 Å². The molecule has 0 bridgehead atoms. The van der Waals surface area contributed by atoms with Crippen LogP contribution >= 0.6 is 0 Å². The first-order chi connectivity index (χ1) is 8.99. The Morgan fingerprint density at radius 1 is 1.16 bits per heavy atom. The van der Waals surface area contributed by atoms with Crippen LogP contribution in [0.3, 0.4) is 0 Å². The molecule has 1 fully saturated rings. The molecule has 0 aromatic heterocycles. The maximum Gasteiger partial charge on any atom is 0.00640 e. The van der Waals surface area contributed by atoms with Crippen LogP contribution < -0.4 is 5.32 Å². The molecule has 19 heavy (non-hydrogen) atoms. The van der Waals surface area contributed by atoms with Gasteiger partial charge < -0.3 is 10.2 Å². The van der Waals surface area contributed by atoms with Gasteiger partial charge in [-0.1, -0.05) is 40.0 Å². The van der Waals surface area contributed by atoms with Crippen molar-refractivity contribution in [3.05, 3.63) is 0 Å². The van der Waals surface area contributed by atoms with Crippen molar-refractivity contribution < 1.29 is 0 Å². The molecule has 1 N–H and O–H groups in total. The van der Waals surface area contributed by atoms with Crippen LogP contribution in [-0.4, -0.2) is 37.6 Å². The van der Waals surface area contributed by atoms with Crippen LogP contribution in [0.25, 0.3) is 0 Å². The summed E-state index contributed by atoms with van der Waals surface area (Å²) in [6.45, 7) is 12.9. The molecular weight excluding hydrogens is 232 g/mol.